The van der Waals surface area contributed by atoms with Gasteiger partial charge in [-0.3, -0.25) is 0 Å². The molecular formula is C8H6N4OP3+. The van der Waals surface area contributed by atoms with Crippen molar-refractivity contribution in [2.75, 3.05) is 0 Å². The molecule has 0 unspecified atom stereocenters. The molecule has 3 rings (SSSR count). The molecule has 1 aromatic heterocycles. The summed E-state index contributed by atoms with van der Waals surface area (Å²) in [5.41, 5.74) is 4.87. The largest absolute Gasteiger partial charge is 0.380 e. The number of aromatic nitrogens is 3. The van der Waals surface area contributed by atoms with Crippen LogP contribution in [0.2, 0.25) is 0 Å². The molecule has 1 aliphatic rings. The molecule has 0 bridgehead atoms. The summed E-state index contributed by atoms with van der Waals surface area (Å²) in [6.45, 7) is 0. The van der Waals surface area contributed by atoms with Gasteiger partial charge in [0.2, 0.25) is 0 Å². The zero-order valence-electron chi connectivity index (χ0n) is 7.98. The van der Waals surface area contributed by atoms with Crippen LogP contribution in [0.4, 0.5) is 0 Å². The topological polar surface area (TPSA) is 59.9 Å². The third kappa shape index (κ3) is 1.90. The molecule has 0 saturated carbocycles. The quantitative estimate of drug-likeness (QED) is 0.859. The van der Waals surface area contributed by atoms with Crippen molar-refractivity contribution in [3.63, 3.8) is 0 Å². The van der Waals surface area contributed by atoms with Crippen LogP contribution >= 0.6 is 24.9 Å². The first kappa shape index (κ1) is 10.0. The highest BCUT2D eigenvalue weighted by molar-refractivity contribution is 7.61. The lowest BCUT2D eigenvalue weighted by Crippen LogP contribution is -2.18. The summed E-state index contributed by atoms with van der Waals surface area (Å²) in [6, 6.07) is 7.85. The second-order valence-corrected chi connectivity index (χ2v) is 6.57. The summed E-state index contributed by atoms with van der Waals surface area (Å²) in [5.74, 6) is 0.832. The number of benzene rings is 1. The van der Waals surface area contributed by atoms with Gasteiger partial charge in [-0.1, -0.05) is 18.2 Å². The highest BCUT2D eigenvalue weighted by Gasteiger charge is 2.18. The smallest absolute Gasteiger partial charge is 0.346 e. The number of fused-ring (bicyclic) bond motifs is 1. The van der Waals surface area contributed by atoms with E-state index in [1.807, 2.05) is 30.3 Å². The van der Waals surface area contributed by atoms with Crippen molar-refractivity contribution < 1.29 is 4.84 Å². The lowest BCUT2D eigenvalue weighted by atomic mass is 10.2. The molecule has 8 heteroatoms. The minimum atomic E-state index is -0.858. The second-order valence-electron chi connectivity index (χ2n) is 3.01. The maximum absolute atomic E-state index is 5.43. The van der Waals surface area contributed by atoms with E-state index in [9.17, 15) is 0 Å². The number of hydroxylamine groups is 1. The van der Waals surface area contributed by atoms with Crippen molar-refractivity contribution >= 4 is 36.4 Å². The van der Waals surface area contributed by atoms with Crippen LogP contribution in [-0.2, 0) is 0 Å². The first-order valence-corrected chi connectivity index (χ1v) is 7.33. The number of nitrogens with one attached hydrogen (secondary N) is 1. The van der Waals surface area contributed by atoms with Crippen LogP contribution in [-0.4, -0.2) is 13.5 Å². The second kappa shape index (κ2) is 4.39. The van der Waals surface area contributed by atoms with E-state index in [0.29, 0.717) is 0 Å². The van der Waals surface area contributed by atoms with Crippen molar-refractivity contribution in [2.24, 2.45) is 0 Å². The summed E-state index contributed by atoms with van der Waals surface area (Å²) < 4.78 is 12.6. The lowest BCUT2D eigenvalue weighted by molar-refractivity contribution is 0.253. The van der Waals surface area contributed by atoms with Crippen LogP contribution < -0.4 is 10.3 Å². The van der Waals surface area contributed by atoms with E-state index in [1.54, 1.807) is 0 Å². The fraction of sp³-hybridized carbons (Fsp3) is 0. The molecule has 1 aliphatic heterocycles. The van der Waals surface area contributed by atoms with Gasteiger partial charge in [-0.15, -0.1) is 0 Å². The molecule has 0 spiro atoms. The zero-order valence-corrected chi connectivity index (χ0v) is 10.7. The predicted molar refractivity (Wildman–Crippen MR) is 66.3 cm³/mol. The molecule has 0 aliphatic carbocycles. The molecule has 0 radical (unpaired) electrons. The summed E-state index contributed by atoms with van der Waals surface area (Å²) in [7, 11) is 0.652. The van der Waals surface area contributed by atoms with Gasteiger partial charge < -0.3 is 4.84 Å². The monoisotopic (exact) mass is 267 g/mol. The minimum absolute atomic E-state index is 0.755. The minimum Gasteiger partial charge on any atom is -0.380 e. The van der Waals surface area contributed by atoms with Gasteiger partial charge in [0.1, 0.15) is 0 Å². The molecule has 2 aromatic rings. The summed E-state index contributed by atoms with van der Waals surface area (Å²) in [4.78, 5) is 5.43. The Hall–Kier alpha value is -1.14. The Morgan fingerprint density at radius 2 is 2.00 bits per heavy atom. The van der Waals surface area contributed by atoms with E-state index in [1.165, 1.54) is 0 Å². The van der Waals surface area contributed by atoms with Gasteiger partial charge in [-0.25, -0.2) is 5.48 Å². The maximum Gasteiger partial charge on any atom is 0.346 e. The van der Waals surface area contributed by atoms with Gasteiger partial charge >= 0.3 is 17.0 Å². The van der Waals surface area contributed by atoms with Crippen LogP contribution in [0.1, 0.15) is 5.56 Å². The van der Waals surface area contributed by atoms with Gasteiger partial charge in [-0.05, 0) is 25.7 Å². The molecule has 78 valence electrons. The number of hydrogen-bond acceptors (Lipinski definition) is 5. The average Bonchev–Trinajstić information content (AvgIpc) is 2.39. The predicted octanol–water partition coefficient (Wildman–Crippen LogP) is 3.15. The highest BCUT2D eigenvalue weighted by atomic mass is 31.2. The van der Waals surface area contributed by atoms with E-state index in [2.05, 4.69) is 19.0 Å². The van der Waals surface area contributed by atoms with E-state index in [-0.39, 0.29) is 0 Å². The molecular weight excluding hydrogens is 261 g/mol. The number of hydrogen-bond donors (Lipinski definition) is 1. The summed E-state index contributed by atoms with van der Waals surface area (Å²) >= 11 is 0. The highest BCUT2D eigenvalue weighted by Crippen LogP contribution is 2.37. The molecule has 16 heavy (non-hydrogen) atoms. The molecule has 0 amide bonds. The molecule has 2 heterocycles. The fourth-order valence-electron chi connectivity index (χ4n) is 1.32. The van der Waals surface area contributed by atoms with Crippen LogP contribution in [0.25, 0.3) is 11.5 Å². The first-order valence-electron chi connectivity index (χ1n) is 4.49. The van der Waals surface area contributed by atoms with E-state index < -0.39 is 7.85 Å². The standard InChI is InChI=1S/C8H6N4OP3/c1-2-4-7-6(3-1)5-8(9-13-7)16-11-14-10-15-12-16/h1-5,9H/q+1. The Balaban J connectivity index is 2.04. The lowest BCUT2D eigenvalue weighted by Gasteiger charge is -2.14. The van der Waals surface area contributed by atoms with Gasteiger partial charge in [-0.2, -0.15) is 0 Å². The number of nitrogens with zero attached hydrogens (tertiary/aromatic N) is 3. The van der Waals surface area contributed by atoms with Crippen molar-refractivity contribution in [1.82, 2.24) is 19.0 Å². The molecule has 0 saturated heterocycles. The van der Waals surface area contributed by atoms with Crippen LogP contribution in [0.5, 0.6) is 5.75 Å². The molecule has 5 nitrogen and oxygen atoms in total. The Morgan fingerprint density at radius 3 is 2.88 bits per heavy atom. The number of para-hydroxylation sites is 1. The van der Waals surface area contributed by atoms with Gasteiger partial charge in [0, 0.05) is 5.56 Å². The third-order valence-corrected chi connectivity index (χ3v) is 5.31. The van der Waals surface area contributed by atoms with Gasteiger partial charge in [0.25, 0.3) is 7.85 Å². The van der Waals surface area contributed by atoms with Crippen molar-refractivity contribution in [1.29, 1.82) is 0 Å². The first-order chi connectivity index (χ1) is 7.93. The molecule has 1 N–H and O–H groups in total. The summed E-state index contributed by atoms with van der Waals surface area (Å²) in [6.07, 6.45) is 2.04. The van der Waals surface area contributed by atoms with Crippen molar-refractivity contribution in [3.8, 4) is 5.75 Å². The van der Waals surface area contributed by atoms with Crippen molar-refractivity contribution in [2.45, 2.75) is 0 Å². The van der Waals surface area contributed by atoms with Crippen LogP contribution in [0, 0.1) is 0 Å². The third-order valence-electron chi connectivity index (χ3n) is 2.02. The normalized spacial score (nSPS) is 15.2. The maximum atomic E-state index is 5.43. The van der Waals surface area contributed by atoms with Gasteiger partial charge in [0.15, 0.2) is 11.2 Å². The Bertz CT molecular complexity index is 548. The van der Waals surface area contributed by atoms with Gasteiger partial charge in [0.05, 0.1) is 0 Å². The zero-order chi connectivity index (χ0) is 10.8. The summed E-state index contributed by atoms with van der Waals surface area (Å²) in [5, 5.41) is 0. The number of rotatable bonds is 1. The molecule has 1 aromatic carbocycles. The Morgan fingerprint density at radius 1 is 1.19 bits per heavy atom. The Labute approximate surface area is 96.2 Å². The van der Waals surface area contributed by atoms with E-state index >= 15 is 0 Å². The van der Waals surface area contributed by atoms with Crippen LogP contribution in [0.15, 0.2) is 24.3 Å². The van der Waals surface area contributed by atoms with E-state index in [4.69, 9.17) is 4.84 Å². The van der Waals surface area contributed by atoms with Crippen molar-refractivity contribution in [3.05, 3.63) is 29.8 Å². The van der Waals surface area contributed by atoms with Crippen LogP contribution in [0.3, 0.4) is 0 Å². The SMILES string of the molecule is C1=C([p+]2npnpn2)NOc2ccccc21. The van der Waals surface area contributed by atoms with E-state index in [0.717, 1.165) is 33.8 Å². The molecule has 0 atom stereocenters. The Kier molecular flexibility index (Phi) is 2.75. The molecule has 0 fully saturated rings. The fourth-order valence-corrected chi connectivity index (χ4v) is 4.62. The average molecular weight is 267 g/mol.